The molecule has 0 spiro atoms. The highest BCUT2D eigenvalue weighted by molar-refractivity contribution is 9.10. The molecule has 1 saturated heterocycles. The van der Waals surface area contributed by atoms with Gasteiger partial charge in [-0.1, -0.05) is 28.1 Å². The summed E-state index contributed by atoms with van der Waals surface area (Å²) in [5, 5.41) is 0. The number of carbonyl (C=O) groups is 1. The van der Waals surface area contributed by atoms with Gasteiger partial charge in [-0.05, 0) is 45.0 Å². The van der Waals surface area contributed by atoms with Crippen molar-refractivity contribution in [2.24, 2.45) is 0 Å². The topological polar surface area (TPSA) is 29.5 Å². The maximum Gasteiger partial charge on any atom is 0.162 e. The zero-order chi connectivity index (χ0) is 14.4. The normalized spacial score (nSPS) is 16.6. The van der Waals surface area contributed by atoms with Crippen LogP contribution in [0, 0.1) is 0 Å². The van der Waals surface area contributed by atoms with Crippen LogP contribution in [-0.4, -0.2) is 43.5 Å². The van der Waals surface area contributed by atoms with Crippen LogP contribution in [0.1, 0.15) is 36.0 Å². The van der Waals surface area contributed by atoms with Crippen LogP contribution >= 0.6 is 15.9 Å². The Morgan fingerprint density at radius 2 is 1.95 bits per heavy atom. The molecule has 0 aromatic heterocycles. The van der Waals surface area contributed by atoms with Gasteiger partial charge < -0.3 is 9.64 Å². The highest BCUT2D eigenvalue weighted by Gasteiger charge is 2.18. The third-order valence-corrected chi connectivity index (χ3v) is 4.42. The van der Waals surface area contributed by atoms with Gasteiger partial charge in [-0.3, -0.25) is 4.79 Å². The lowest BCUT2D eigenvalue weighted by Gasteiger charge is -2.31. The molecule has 0 N–H and O–H groups in total. The fourth-order valence-corrected chi connectivity index (χ4v) is 2.84. The molecule has 0 unspecified atom stereocenters. The largest absolute Gasteiger partial charge is 0.381 e. The van der Waals surface area contributed by atoms with Gasteiger partial charge in [0, 0.05) is 35.7 Å². The molecular weight excluding hydrogens is 318 g/mol. The van der Waals surface area contributed by atoms with E-state index in [1.807, 2.05) is 24.3 Å². The lowest BCUT2D eigenvalue weighted by Crippen LogP contribution is -2.37. The summed E-state index contributed by atoms with van der Waals surface area (Å²) in [6.45, 7) is 2.71. The molecule has 0 bridgehead atoms. The molecule has 1 heterocycles. The first-order valence-electron chi connectivity index (χ1n) is 7.23. The second-order valence-electron chi connectivity index (χ2n) is 5.36. The molecule has 4 heteroatoms. The molecule has 1 aromatic rings. The van der Waals surface area contributed by atoms with E-state index in [1.54, 1.807) is 0 Å². The van der Waals surface area contributed by atoms with Gasteiger partial charge >= 0.3 is 0 Å². The minimum absolute atomic E-state index is 0.234. The first-order chi connectivity index (χ1) is 9.66. The van der Waals surface area contributed by atoms with Crippen LogP contribution in [-0.2, 0) is 4.74 Å². The van der Waals surface area contributed by atoms with Crippen molar-refractivity contribution in [3.05, 3.63) is 34.3 Å². The summed E-state index contributed by atoms with van der Waals surface area (Å²) >= 11 is 3.38. The smallest absolute Gasteiger partial charge is 0.162 e. The molecule has 0 atom stereocenters. The molecule has 0 radical (unpaired) electrons. The van der Waals surface area contributed by atoms with Crippen molar-refractivity contribution in [3.8, 4) is 0 Å². The van der Waals surface area contributed by atoms with E-state index in [2.05, 4.69) is 27.9 Å². The first kappa shape index (κ1) is 15.7. The number of nitrogens with zero attached hydrogens (tertiary/aromatic N) is 1. The third-order valence-electron chi connectivity index (χ3n) is 3.90. The van der Waals surface area contributed by atoms with E-state index in [9.17, 15) is 4.79 Å². The predicted molar refractivity (Wildman–Crippen MR) is 84.2 cm³/mol. The molecule has 1 aliphatic heterocycles. The monoisotopic (exact) mass is 339 g/mol. The van der Waals surface area contributed by atoms with E-state index >= 15 is 0 Å². The highest BCUT2D eigenvalue weighted by atomic mass is 79.9. The maximum absolute atomic E-state index is 12.1. The van der Waals surface area contributed by atoms with Crippen molar-refractivity contribution in [1.82, 2.24) is 4.90 Å². The fourth-order valence-electron chi connectivity index (χ4n) is 2.58. The molecule has 3 nitrogen and oxygen atoms in total. The fraction of sp³-hybridized carbons (Fsp3) is 0.562. The van der Waals surface area contributed by atoms with E-state index < -0.39 is 0 Å². The van der Waals surface area contributed by atoms with Crippen molar-refractivity contribution in [1.29, 1.82) is 0 Å². The number of ketones is 1. The van der Waals surface area contributed by atoms with Crippen LogP contribution in [0.5, 0.6) is 0 Å². The number of hydrogen-bond acceptors (Lipinski definition) is 3. The van der Waals surface area contributed by atoms with Crippen LogP contribution in [0.4, 0.5) is 0 Å². The molecule has 0 saturated carbocycles. The molecule has 1 aliphatic rings. The van der Waals surface area contributed by atoms with E-state index in [-0.39, 0.29) is 5.78 Å². The lowest BCUT2D eigenvalue weighted by molar-refractivity contribution is 0.0425. The van der Waals surface area contributed by atoms with Gasteiger partial charge in [-0.2, -0.15) is 0 Å². The molecule has 20 heavy (non-hydrogen) atoms. The Labute approximate surface area is 129 Å². The second-order valence-corrected chi connectivity index (χ2v) is 6.27. The molecule has 2 rings (SSSR count). The summed E-state index contributed by atoms with van der Waals surface area (Å²) < 4.78 is 6.38. The van der Waals surface area contributed by atoms with Gasteiger partial charge in [-0.15, -0.1) is 0 Å². The number of hydrogen-bond donors (Lipinski definition) is 0. The number of ether oxygens (including phenoxy) is 1. The zero-order valence-electron chi connectivity index (χ0n) is 12.0. The van der Waals surface area contributed by atoms with Crippen molar-refractivity contribution in [2.45, 2.75) is 31.7 Å². The standard InChI is InChI=1S/C16H22BrNO2/c1-18(15-8-11-20-12-9-15)10-2-3-16(19)13-4-6-14(17)7-5-13/h4-7,15H,2-3,8-12H2,1H3. The SMILES string of the molecule is CN(CCCC(=O)c1ccc(Br)cc1)C1CCOCC1. The van der Waals surface area contributed by atoms with Crippen molar-refractivity contribution < 1.29 is 9.53 Å². The Morgan fingerprint density at radius 1 is 1.30 bits per heavy atom. The van der Waals surface area contributed by atoms with Crippen molar-refractivity contribution >= 4 is 21.7 Å². The Morgan fingerprint density at radius 3 is 2.60 bits per heavy atom. The molecule has 110 valence electrons. The number of benzene rings is 1. The first-order valence-corrected chi connectivity index (χ1v) is 8.03. The minimum Gasteiger partial charge on any atom is -0.381 e. The summed E-state index contributed by atoms with van der Waals surface area (Å²) in [5.74, 6) is 0.234. The lowest BCUT2D eigenvalue weighted by atomic mass is 10.0. The van der Waals surface area contributed by atoms with E-state index in [1.165, 1.54) is 0 Å². The molecule has 1 aromatic carbocycles. The van der Waals surface area contributed by atoms with Crippen LogP contribution in [0.15, 0.2) is 28.7 Å². The van der Waals surface area contributed by atoms with Crippen LogP contribution in [0.3, 0.4) is 0 Å². The Kier molecular flexibility index (Phi) is 6.20. The molecule has 0 aliphatic carbocycles. The number of carbonyl (C=O) groups excluding carboxylic acids is 1. The van der Waals surface area contributed by atoms with Gasteiger partial charge in [-0.25, -0.2) is 0 Å². The average Bonchev–Trinajstić information content (AvgIpc) is 2.48. The zero-order valence-corrected chi connectivity index (χ0v) is 13.6. The maximum atomic E-state index is 12.1. The van der Waals surface area contributed by atoms with Gasteiger partial charge in [0.2, 0.25) is 0 Å². The molecular formula is C16H22BrNO2. The number of halogens is 1. The van der Waals surface area contributed by atoms with Gasteiger partial charge in [0.05, 0.1) is 0 Å². The number of Topliss-reactive ketones (excluding diaryl/α,β-unsaturated/α-hetero) is 1. The Hall–Kier alpha value is -0.710. The predicted octanol–water partition coefficient (Wildman–Crippen LogP) is 3.52. The highest BCUT2D eigenvalue weighted by Crippen LogP contribution is 2.15. The number of rotatable bonds is 6. The van der Waals surface area contributed by atoms with Gasteiger partial charge in [0.15, 0.2) is 5.78 Å². The average molecular weight is 340 g/mol. The second kappa shape index (κ2) is 7.91. The summed E-state index contributed by atoms with van der Waals surface area (Å²) in [5.41, 5.74) is 0.807. The summed E-state index contributed by atoms with van der Waals surface area (Å²) in [7, 11) is 2.15. The minimum atomic E-state index is 0.234. The summed E-state index contributed by atoms with van der Waals surface area (Å²) in [6.07, 6.45) is 3.76. The Balaban J connectivity index is 1.72. The van der Waals surface area contributed by atoms with E-state index in [4.69, 9.17) is 4.74 Å². The van der Waals surface area contributed by atoms with E-state index in [0.29, 0.717) is 12.5 Å². The van der Waals surface area contributed by atoms with Crippen molar-refractivity contribution in [2.75, 3.05) is 26.8 Å². The molecule has 1 fully saturated rings. The van der Waals surface area contributed by atoms with Crippen molar-refractivity contribution in [3.63, 3.8) is 0 Å². The summed E-state index contributed by atoms with van der Waals surface area (Å²) in [4.78, 5) is 14.4. The van der Waals surface area contributed by atoms with Crippen LogP contribution in [0.2, 0.25) is 0 Å². The Bertz CT molecular complexity index is 427. The van der Waals surface area contributed by atoms with Gasteiger partial charge in [0.25, 0.3) is 0 Å². The summed E-state index contributed by atoms with van der Waals surface area (Å²) in [6, 6.07) is 8.22. The molecule has 0 amide bonds. The van der Waals surface area contributed by atoms with Crippen LogP contribution < -0.4 is 0 Å². The van der Waals surface area contributed by atoms with Gasteiger partial charge in [0.1, 0.15) is 0 Å². The quantitative estimate of drug-likeness (QED) is 0.742. The van der Waals surface area contributed by atoms with Crippen LogP contribution in [0.25, 0.3) is 0 Å². The third kappa shape index (κ3) is 4.69. The van der Waals surface area contributed by atoms with E-state index in [0.717, 1.165) is 49.1 Å².